The van der Waals surface area contributed by atoms with Gasteiger partial charge in [0.1, 0.15) is 6.17 Å². The summed E-state index contributed by atoms with van der Waals surface area (Å²) in [5.74, 6) is 0.0997. The molecule has 13 heavy (non-hydrogen) atoms. The second kappa shape index (κ2) is 4.56. The average Bonchev–Trinajstić information content (AvgIpc) is 2.11. The van der Waals surface area contributed by atoms with Gasteiger partial charge in [0.2, 0.25) is 5.91 Å². The Morgan fingerprint density at radius 3 is 2.92 bits per heavy atom. The highest BCUT2D eigenvalue weighted by atomic mass is 19.1. The maximum Gasteiger partial charge on any atom is 0.233 e. The number of carbonyl (C=O) groups excluding carboxylic acids is 1. The van der Waals surface area contributed by atoms with Crippen LogP contribution in [0.4, 0.5) is 4.39 Å². The highest BCUT2D eigenvalue weighted by Gasteiger charge is 2.26. The molecule has 1 rings (SSSR count). The molecule has 1 fully saturated rings. The summed E-state index contributed by atoms with van der Waals surface area (Å²) in [6.45, 7) is 3.47. The first-order chi connectivity index (χ1) is 6.13. The van der Waals surface area contributed by atoms with Gasteiger partial charge in [0.05, 0.1) is 6.54 Å². The van der Waals surface area contributed by atoms with Crippen LogP contribution in [0.25, 0.3) is 0 Å². The van der Waals surface area contributed by atoms with Crippen molar-refractivity contribution in [1.29, 1.82) is 0 Å². The van der Waals surface area contributed by atoms with Gasteiger partial charge < -0.3 is 5.32 Å². The summed E-state index contributed by atoms with van der Waals surface area (Å²) in [5.41, 5.74) is 0. The number of piperidine rings is 1. The van der Waals surface area contributed by atoms with Gasteiger partial charge in [-0.25, -0.2) is 4.39 Å². The first-order valence-electron chi connectivity index (χ1n) is 4.70. The van der Waals surface area contributed by atoms with E-state index in [1.165, 1.54) is 0 Å². The van der Waals surface area contributed by atoms with Crippen molar-refractivity contribution in [1.82, 2.24) is 10.2 Å². The van der Waals surface area contributed by atoms with Crippen molar-refractivity contribution in [3.8, 4) is 0 Å². The molecule has 1 amide bonds. The summed E-state index contributed by atoms with van der Waals surface area (Å²) in [7, 11) is 1.60. The molecule has 1 saturated heterocycles. The smallest absolute Gasteiger partial charge is 0.233 e. The summed E-state index contributed by atoms with van der Waals surface area (Å²) in [6.07, 6.45) is 0.0661. The Bertz CT molecular complexity index is 186. The fourth-order valence-corrected chi connectivity index (χ4v) is 1.51. The molecule has 4 heteroatoms. The van der Waals surface area contributed by atoms with E-state index in [4.69, 9.17) is 0 Å². The van der Waals surface area contributed by atoms with Crippen molar-refractivity contribution < 1.29 is 9.18 Å². The van der Waals surface area contributed by atoms with Crippen LogP contribution in [-0.2, 0) is 4.79 Å². The van der Waals surface area contributed by atoms with Gasteiger partial charge in [0, 0.05) is 13.6 Å². The monoisotopic (exact) mass is 188 g/mol. The third kappa shape index (κ3) is 2.95. The first kappa shape index (κ1) is 10.4. The quantitative estimate of drug-likeness (QED) is 0.681. The molecule has 3 nitrogen and oxygen atoms in total. The lowest BCUT2D eigenvalue weighted by molar-refractivity contribution is -0.122. The molecular weight excluding hydrogens is 171 g/mol. The van der Waals surface area contributed by atoms with Crippen LogP contribution in [0.5, 0.6) is 0 Å². The van der Waals surface area contributed by atoms with E-state index in [0.29, 0.717) is 13.1 Å². The average molecular weight is 188 g/mol. The summed E-state index contributed by atoms with van der Waals surface area (Å²) < 4.78 is 13.2. The topological polar surface area (TPSA) is 32.3 Å². The number of amides is 1. The maximum atomic E-state index is 13.2. The van der Waals surface area contributed by atoms with Crippen LogP contribution < -0.4 is 5.32 Å². The third-order valence-corrected chi connectivity index (χ3v) is 2.60. The molecule has 1 heterocycles. The fraction of sp³-hybridized carbons (Fsp3) is 0.889. The maximum absolute atomic E-state index is 13.2. The van der Waals surface area contributed by atoms with Gasteiger partial charge in [-0.2, -0.15) is 0 Å². The SMILES string of the molecule is CNC(=O)CN1CCC(C)C(F)C1. The van der Waals surface area contributed by atoms with E-state index in [0.717, 1.165) is 13.0 Å². The number of likely N-dealkylation sites (tertiary alicyclic amines) is 1. The Morgan fingerprint density at radius 2 is 2.38 bits per heavy atom. The number of likely N-dealkylation sites (N-methyl/N-ethyl adjacent to an activating group) is 1. The van der Waals surface area contributed by atoms with E-state index in [-0.39, 0.29) is 11.8 Å². The molecule has 0 spiro atoms. The molecular formula is C9H17FN2O. The highest BCUT2D eigenvalue weighted by molar-refractivity contribution is 5.77. The molecule has 2 atom stereocenters. The van der Waals surface area contributed by atoms with Gasteiger partial charge in [-0.3, -0.25) is 9.69 Å². The second-order valence-corrected chi connectivity index (χ2v) is 3.69. The molecule has 0 aromatic carbocycles. The Hall–Kier alpha value is -0.640. The molecule has 0 saturated carbocycles. The van der Waals surface area contributed by atoms with Crippen LogP contribution >= 0.6 is 0 Å². The number of nitrogens with zero attached hydrogens (tertiary/aromatic N) is 1. The van der Waals surface area contributed by atoms with Gasteiger partial charge >= 0.3 is 0 Å². The summed E-state index contributed by atoms with van der Waals surface area (Å²) in [6, 6.07) is 0. The molecule has 1 N–H and O–H groups in total. The minimum atomic E-state index is -0.779. The number of halogens is 1. The zero-order valence-electron chi connectivity index (χ0n) is 8.22. The first-order valence-corrected chi connectivity index (χ1v) is 4.70. The van der Waals surface area contributed by atoms with Gasteiger partial charge in [-0.05, 0) is 18.9 Å². The molecule has 0 radical (unpaired) electrons. The molecule has 0 aromatic heterocycles. The van der Waals surface area contributed by atoms with Crippen molar-refractivity contribution in [2.75, 3.05) is 26.7 Å². The normalized spacial score (nSPS) is 30.1. The van der Waals surface area contributed by atoms with Crippen LogP contribution in [0.15, 0.2) is 0 Å². The third-order valence-electron chi connectivity index (χ3n) is 2.60. The number of nitrogens with one attached hydrogen (secondary N) is 1. The van der Waals surface area contributed by atoms with Crippen molar-refractivity contribution in [2.24, 2.45) is 5.92 Å². The predicted molar refractivity (Wildman–Crippen MR) is 49.2 cm³/mol. The van der Waals surface area contributed by atoms with E-state index >= 15 is 0 Å². The minimum Gasteiger partial charge on any atom is -0.358 e. The number of hydrogen-bond donors (Lipinski definition) is 1. The Kier molecular flexibility index (Phi) is 3.66. The number of alkyl halides is 1. The minimum absolute atomic E-state index is 0.0400. The molecule has 76 valence electrons. The lowest BCUT2D eigenvalue weighted by Gasteiger charge is -2.32. The number of hydrogen-bond acceptors (Lipinski definition) is 2. The zero-order valence-corrected chi connectivity index (χ0v) is 8.22. The van der Waals surface area contributed by atoms with E-state index < -0.39 is 6.17 Å². The molecule has 0 bridgehead atoms. The van der Waals surface area contributed by atoms with Gasteiger partial charge in [0.25, 0.3) is 0 Å². The van der Waals surface area contributed by atoms with E-state index in [9.17, 15) is 9.18 Å². The standard InChI is InChI=1S/C9H17FN2O/c1-7-3-4-12(5-8(7)10)6-9(13)11-2/h7-8H,3-6H2,1-2H3,(H,11,13). The van der Waals surface area contributed by atoms with Gasteiger partial charge in [-0.15, -0.1) is 0 Å². The fourth-order valence-electron chi connectivity index (χ4n) is 1.51. The highest BCUT2D eigenvalue weighted by Crippen LogP contribution is 2.19. The van der Waals surface area contributed by atoms with Crippen LogP contribution in [-0.4, -0.2) is 43.7 Å². The van der Waals surface area contributed by atoms with Gasteiger partial charge in [-0.1, -0.05) is 6.92 Å². The Labute approximate surface area is 78.3 Å². The van der Waals surface area contributed by atoms with Gasteiger partial charge in [0.15, 0.2) is 0 Å². The van der Waals surface area contributed by atoms with E-state index in [1.807, 2.05) is 11.8 Å². The number of rotatable bonds is 2. The Morgan fingerprint density at radius 1 is 1.69 bits per heavy atom. The summed E-state index contributed by atoms with van der Waals surface area (Å²) in [4.78, 5) is 12.9. The van der Waals surface area contributed by atoms with Crippen molar-refractivity contribution in [2.45, 2.75) is 19.5 Å². The lowest BCUT2D eigenvalue weighted by atomic mass is 9.97. The van der Waals surface area contributed by atoms with E-state index in [2.05, 4.69) is 5.32 Å². The molecule has 1 aliphatic rings. The van der Waals surface area contributed by atoms with E-state index in [1.54, 1.807) is 7.05 Å². The lowest BCUT2D eigenvalue weighted by Crippen LogP contribution is -2.45. The zero-order chi connectivity index (χ0) is 9.84. The second-order valence-electron chi connectivity index (χ2n) is 3.69. The van der Waals surface area contributed by atoms with Crippen LogP contribution in [0.2, 0.25) is 0 Å². The largest absolute Gasteiger partial charge is 0.358 e. The van der Waals surface area contributed by atoms with Crippen LogP contribution in [0.1, 0.15) is 13.3 Å². The Balaban J connectivity index is 2.33. The predicted octanol–water partition coefficient (Wildman–Crippen LogP) is 0.412. The molecule has 2 unspecified atom stereocenters. The molecule has 0 aromatic rings. The van der Waals surface area contributed by atoms with Crippen molar-refractivity contribution in [3.63, 3.8) is 0 Å². The van der Waals surface area contributed by atoms with Crippen LogP contribution in [0, 0.1) is 5.92 Å². The van der Waals surface area contributed by atoms with Crippen molar-refractivity contribution in [3.05, 3.63) is 0 Å². The molecule has 0 aliphatic carbocycles. The summed E-state index contributed by atoms with van der Waals surface area (Å²) >= 11 is 0. The number of carbonyl (C=O) groups is 1. The van der Waals surface area contributed by atoms with Crippen LogP contribution in [0.3, 0.4) is 0 Å². The molecule has 1 aliphatic heterocycles. The summed E-state index contributed by atoms with van der Waals surface area (Å²) in [5, 5.41) is 2.54. The van der Waals surface area contributed by atoms with Crippen molar-refractivity contribution >= 4 is 5.91 Å².